The first-order valence-corrected chi connectivity index (χ1v) is 7.60. The predicted octanol–water partition coefficient (Wildman–Crippen LogP) is 2.15. The van der Waals surface area contributed by atoms with Crippen LogP contribution in [-0.4, -0.2) is 32.0 Å². The van der Waals surface area contributed by atoms with E-state index in [0.29, 0.717) is 25.1 Å². The number of nitrogens with one attached hydrogen (secondary N) is 1. The van der Waals surface area contributed by atoms with E-state index in [1.807, 2.05) is 24.3 Å². The number of para-hydroxylation sites is 1. The number of hydrogen-bond acceptors (Lipinski definition) is 3. The van der Waals surface area contributed by atoms with Crippen LogP contribution in [0.1, 0.15) is 15.9 Å². The van der Waals surface area contributed by atoms with Crippen molar-refractivity contribution in [3.63, 3.8) is 0 Å². The number of halogens is 1. The van der Waals surface area contributed by atoms with Gasteiger partial charge in [0.2, 0.25) is 5.91 Å². The van der Waals surface area contributed by atoms with Crippen LogP contribution in [0.3, 0.4) is 0 Å². The average molecular weight is 328 g/mol. The lowest BCUT2D eigenvalue weighted by molar-refractivity contribution is -0.117. The van der Waals surface area contributed by atoms with Crippen LogP contribution in [0.5, 0.6) is 5.75 Å². The quantitative estimate of drug-likeness (QED) is 0.915. The van der Waals surface area contributed by atoms with Gasteiger partial charge in [-0.25, -0.2) is 4.39 Å². The average Bonchev–Trinajstić information content (AvgIpc) is 2.91. The van der Waals surface area contributed by atoms with E-state index in [9.17, 15) is 14.0 Å². The zero-order valence-corrected chi connectivity index (χ0v) is 13.2. The van der Waals surface area contributed by atoms with Gasteiger partial charge in [-0.1, -0.05) is 18.2 Å². The summed E-state index contributed by atoms with van der Waals surface area (Å²) in [5.74, 6) is -0.818. The van der Waals surface area contributed by atoms with Gasteiger partial charge in [-0.2, -0.15) is 0 Å². The molecule has 0 atom stereocenters. The summed E-state index contributed by atoms with van der Waals surface area (Å²) < 4.78 is 18.2. The van der Waals surface area contributed by atoms with Gasteiger partial charge >= 0.3 is 0 Å². The summed E-state index contributed by atoms with van der Waals surface area (Å²) >= 11 is 0. The molecule has 124 valence electrons. The second-order valence-electron chi connectivity index (χ2n) is 5.46. The summed E-state index contributed by atoms with van der Waals surface area (Å²) in [6.45, 7) is 0.693. The van der Waals surface area contributed by atoms with Gasteiger partial charge in [0.15, 0.2) is 11.6 Å². The molecular weight excluding hydrogens is 311 g/mol. The molecule has 1 N–H and O–H groups in total. The van der Waals surface area contributed by atoms with Crippen molar-refractivity contribution >= 4 is 17.5 Å². The molecule has 0 saturated heterocycles. The van der Waals surface area contributed by atoms with Crippen LogP contribution < -0.4 is 15.0 Å². The maximum atomic E-state index is 13.4. The summed E-state index contributed by atoms with van der Waals surface area (Å²) in [6.07, 6.45) is 0.388. The van der Waals surface area contributed by atoms with E-state index in [1.165, 1.54) is 25.3 Å². The molecule has 5 nitrogen and oxygen atoms in total. The first kappa shape index (κ1) is 16.0. The summed E-state index contributed by atoms with van der Waals surface area (Å²) in [4.78, 5) is 25.9. The van der Waals surface area contributed by atoms with Crippen LogP contribution >= 0.6 is 0 Å². The Morgan fingerprint density at radius 1 is 1.29 bits per heavy atom. The normalized spacial score (nSPS) is 12.9. The van der Waals surface area contributed by atoms with E-state index >= 15 is 0 Å². The largest absolute Gasteiger partial charge is 0.494 e. The molecule has 0 radical (unpaired) electrons. The standard InChI is InChI=1S/C18H17FN2O3/c1-24-16-10-13(6-7-14(16)19)18(23)20-8-9-21-15-5-3-2-4-12(15)11-17(21)22/h2-7,10H,8-9,11H2,1H3,(H,20,23). The Morgan fingerprint density at radius 2 is 2.08 bits per heavy atom. The predicted molar refractivity (Wildman–Crippen MR) is 87.8 cm³/mol. The number of nitrogens with zero attached hydrogens (tertiary/aromatic N) is 1. The third kappa shape index (κ3) is 3.08. The fourth-order valence-electron chi connectivity index (χ4n) is 2.75. The number of fused-ring (bicyclic) bond motifs is 1. The lowest BCUT2D eigenvalue weighted by atomic mass is 10.2. The highest BCUT2D eigenvalue weighted by atomic mass is 19.1. The maximum absolute atomic E-state index is 13.4. The number of hydrogen-bond donors (Lipinski definition) is 1. The van der Waals surface area contributed by atoms with Gasteiger partial charge in [0.25, 0.3) is 5.91 Å². The Kier molecular flexibility index (Phi) is 4.46. The fourth-order valence-corrected chi connectivity index (χ4v) is 2.75. The summed E-state index contributed by atoms with van der Waals surface area (Å²) in [5.41, 5.74) is 2.19. The van der Waals surface area contributed by atoms with E-state index in [4.69, 9.17) is 4.74 Å². The van der Waals surface area contributed by atoms with Crippen LogP contribution in [-0.2, 0) is 11.2 Å². The van der Waals surface area contributed by atoms with Crippen LogP contribution in [0.15, 0.2) is 42.5 Å². The van der Waals surface area contributed by atoms with Gasteiger partial charge in [-0.3, -0.25) is 9.59 Å². The SMILES string of the molecule is COc1cc(C(=O)NCCN2C(=O)Cc3ccccc32)ccc1F. The van der Waals surface area contributed by atoms with Gasteiger partial charge in [0, 0.05) is 24.3 Å². The lowest BCUT2D eigenvalue weighted by Gasteiger charge is -2.17. The van der Waals surface area contributed by atoms with Crippen LogP contribution in [0.4, 0.5) is 10.1 Å². The zero-order valence-electron chi connectivity index (χ0n) is 13.2. The molecule has 2 aromatic carbocycles. The van der Waals surface area contributed by atoms with Gasteiger partial charge in [0.1, 0.15) is 0 Å². The van der Waals surface area contributed by atoms with Gasteiger partial charge < -0.3 is 15.0 Å². The summed E-state index contributed by atoms with van der Waals surface area (Å²) in [6, 6.07) is 11.5. The second kappa shape index (κ2) is 6.70. The van der Waals surface area contributed by atoms with E-state index in [-0.39, 0.29) is 17.6 Å². The first-order valence-electron chi connectivity index (χ1n) is 7.60. The number of benzene rings is 2. The Morgan fingerprint density at radius 3 is 2.88 bits per heavy atom. The Hall–Kier alpha value is -2.89. The van der Waals surface area contributed by atoms with Gasteiger partial charge in [-0.15, -0.1) is 0 Å². The molecule has 0 unspecified atom stereocenters. The molecule has 1 heterocycles. The molecule has 0 aliphatic carbocycles. The molecule has 2 aromatic rings. The highest BCUT2D eigenvalue weighted by Crippen LogP contribution is 2.27. The van der Waals surface area contributed by atoms with Gasteiger partial charge in [-0.05, 0) is 29.8 Å². The zero-order chi connectivity index (χ0) is 17.1. The number of amides is 2. The molecule has 0 aromatic heterocycles. The minimum absolute atomic E-state index is 0.0197. The molecule has 3 rings (SSSR count). The Labute approximate surface area is 139 Å². The molecule has 0 fully saturated rings. The minimum Gasteiger partial charge on any atom is -0.494 e. The number of anilines is 1. The van der Waals surface area contributed by atoms with Crippen molar-refractivity contribution in [2.45, 2.75) is 6.42 Å². The molecule has 1 aliphatic heterocycles. The third-order valence-corrected chi connectivity index (χ3v) is 3.96. The molecule has 0 saturated carbocycles. The van der Waals surface area contributed by atoms with E-state index in [0.717, 1.165) is 11.3 Å². The van der Waals surface area contributed by atoms with Crippen molar-refractivity contribution in [1.29, 1.82) is 0 Å². The Balaban J connectivity index is 1.61. The fraction of sp³-hybridized carbons (Fsp3) is 0.222. The molecule has 0 bridgehead atoms. The van der Waals surface area contributed by atoms with Gasteiger partial charge in [0.05, 0.1) is 13.5 Å². The molecular formula is C18H17FN2O3. The topological polar surface area (TPSA) is 58.6 Å². The molecule has 6 heteroatoms. The molecule has 0 spiro atoms. The molecule has 2 amide bonds. The molecule has 1 aliphatic rings. The maximum Gasteiger partial charge on any atom is 0.251 e. The van der Waals surface area contributed by atoms with Crippen molar-refractivity contribution in [2.75, 3.05) is 25.1 Å². The number of ether oxygens (including phenoxy) is 1. The monoisotopic (exact) mass is 328 g/mol. The minimum atomic E-state index is -0.520. The highest BCUT2D eigenvalue weighted by Gasteiger charge is 2.26. The number of carbonyl (C=O) groups excluding carboxylic acids is 2. The van der Waals surface area contributed by atoms with Crippen molar-refractivity contribution in [3.05, 3.63) is 59.4 Å². The summed E-state index contributed by atoms with van der Waals surface area (Å²) in [7, 11) is 1.34. The van der Waals surface area contributed by atoms with Crippen LogP contribution in [0, 0.1) is 5.82 Å². The first-order chi connectivity index (χ1) is 11.6. The summed E-state index contributed by atoms with van der Waals surface area (Å²) in [5, 5.41) is 2.74. The number of rotatable bonds is 5. The smallest absolute Gasteiger partial charge is 0.251 e. The number of methoxy groups -OCH3 is 1. The highest BCUT2D eigenvalue weighted by molar-refractivity contribution is 6.01. The van der Waals surface area contributed by atoms with Crippen molar-refractivity contribution in [1.82, 2.24) is 5.32 Å². The van der Waals surface area contributed by atoms with Crippen molar-refractivity contribution in [3.8, 4) is 5.75 Å². The van der Waals surface area contributed by atoms with Crippen LogP contribution in [0.2, 0.25) is 0 Å². The third-order valence-electron chi connectivity index (χ3n) is 3.96. The second-order valence-corrected chi connectivity index (χ2v) is 5.46. The Bertz CT molecular complexity index is 792. The van der Waals surface area contributed by atoms with Crippen molar-refractivity contribution < 1.29 is 18.7 Å². The van der Waals surface area contributed by atoms with E-state index in [2.05, 4.69) is 5.32 Å². The number of carbonyl (C=O) groups is 2. The molecule has 24 heavy (non-hydrogen) atoms. The lowest BCUT2D eigenvalue weighted by Crippen LogP contribution is -2.36. The van der Waals surface area contributed by atoms with Crippen molar-refractivity contribution in [2.24, 2.45) is 0 Å². The van der Waals surface area contributed by atoms with E-state index in [1.54, 1.807) is 4.90 Å². The van der Waals surface area contributed by atoms with Crippen LogP contribution in [0.25, 0.3) is 0 Å². The van der Waals surface area contributed by atoms with E-state index < -0.39 is 5.82 Å².